The van der Waals surface area contributed by atoms with E-state index in [0.29, 0.717) is 13.0 Å². The number of fused-ring (bicyclic) bond motifs is 1. The number of amides is 1. The van der Waals surface area contributed by atoms with Crippen LogP contribution in [0.4, 0.5) is 8.78 Å². The van der Waals surface area contributed by atoms with Gasteiger partial charge in [-0.25, -0.2) is 4.98 Å². The molecule has 0 unspecified atom stereocenters. The minimum atomic E-state index is -2.61. The van der Waals surface area contributed by atoms with Crippen molar-refractivity contribution in [2.75, 3.05) is 6.54 Å². The Morgan fingerprint density at radius 2 is 2.08 bits per heavy atom. The zero-order valence-corrected chi connectivity index (χ0v) is 14.2. The van der Waals surface area contributed by atoms with Gasteiger partial charge in [-0.15, -0.1) is 11.3 Å². The summed E-state index contributed by atoms with van der Waals surface area (Å²) in [4.78, 5) is 16.1. The highest BCUT2D eigenvalue weighted by Crippen LogP contribution is 2.27. The van der Waals surface area contributed by atoms with E-state index in [9.17, 15) is 13.6 Å². The number of rotatable bonds is 6. The van der Waals surface area contributed by atoms with Crippen LogP contribution in [0.2, 0.25) is 0 Å². The molecule has 1 aromatic carbocycles. The predicted octanol–water partition coefficient (Wildman–Crippen LogP) is 4.58. The number of aromatic nitrogens is 1. The minimum absolute atomic E-state index is 0.0472. The summed E-state index contributed by atoms with van der Waals surface area (Å²) in [5.74, 6) is -2.99. The third-order valence-electron chi connectivity index (χ3n) is 3.46. The summed E-state index contributed by atoms with van der Waals surface area (Å²) in [6, 6.07) is 11.2. The molecule has 0 spiro atoms. The van der Waals surface area contributed by atoms with Gasteiger partial charge in [0, 0.05) is 17.4 Å². The summed E-state index contributed by atoms with van der Waals surface area (Å²) in [6.45, 7) is 0.438. The predicted molar refractivity (Wildman–Crippen MR) is 94.0 cm³/mol. The van der Waals surface area contributed by atoms with E-state index in [2.05, 4.69) is 27.8 Å². The standard InChI is InChI=1S/C17H14F2N2OS2/c18-17(19)24-16-13(5-3-8-21-16)15(22)20-9-7-11-10-23-14-6-2-1-4-12(11)14/h1-6,8,10,17H,7,9H2,(H,20,22). The van der Waals surface area contributed by atoms with E-state index in [1.165, 1.54) is 27.9 Å². The van der Waals surface area contributed by atoms with Crippen LogP contribution in [0.1, 0.15) is 15.9 Å². The van der Waals surface area contributed by atoms with Gasteiger partial charge in [0.05, 0.1) is 5.56 Å². The van der Waals surface area contributed by atoms with Crippen LogP contribution in [0.15, 0.2) is 53.0 Å². The molecule has 1 amide bonds. The van der Waals surface area contributed by atoms with Gasteiger partial charge in [-0.2, -0.15) is 8.78 Å². The molecule has 1 N–H and O–H groups in total. The average Bonchev–Trinajstić information content (AvgIpc) is 2.98. The Morgan fingerprint density at radius 3 is 2.92 bits per heavy atom. The first kappa shape index (κ1) is 16.9. The smallest absolute Gasteiger partial charge is 0.290 e. The number of nitrogens with zero attached hydrogens (tertiary/aromatic N) is 1. The number of benzene rings is 1. The molecule has 124 valence electrons. The van der Waals surface area contributed by atoms with Crippen molar-refractivity contribution in [1.82, 2.24) is 10.3 Å². The first-order valence-electron chi connectivity index (χ1n) is 7.28. The summed E-state index contributed by atoms with van der Waals surface area (Å²) in [6.07, 6.45) is 2.09. The molecule has 0 saturated carbocycles. The maximum Gasteiger partial charge on any atom is 0.290 e. The molecule has 3 aromatic rings. The van der Waals surface area contributed by atoms with Crippen LogP contribution in [-0.4, -0.2) is 23.2 Å². The Balaban J connectivity index is 1.64. The molecule has 7 heteroatoms. The van der Waals surface area contributed by atoms with Gasteiger partial charge in [0.1, 0.15) is 5.03 Å². The summed E-state index contributed by atoms with van der Waals surface area (Å²) in [5, 5.41) is 6.10. The van der Waals surface area contributed by atoms with Gasteiger partial charge in [-0.3, -0.25) is 4.79 Å². The first-order chi connectivity index (χ1) is 11.6. The molecule has 0 radical (unpaired) electrons. The number of pyridine rings is 1. The fraction of sp³-hybridized carbons (Fsp3) is 0.176. The Labute approximate surface area is 146 Å². The molecule has 24 heavy (non-hydrogen) atoms. The zero-order valence-electron chi connectivity index (χ0n) is 12.5. The molecule has 0 aliphatic heterocycles. The maximum atomic E-state index is 12.5. The molecule has 0 atom stereocenters. The lowest BCUT2D eigenvalue weighted by Crippen LogP contribution is -2.26. The highest BCUT2D eigenvalue weighted by molar-refractivity contribution is 7.99. The number of thiophene rings is 1. The minimum Gasteiger partial charge on any atom is -0.352 e. The lowest BCUT2D eigenvalue weighted by atomic mass is 10.1. The van der Waals surface area contributed by atoms with Crippen molar-refractivity contribution in [3.8, 4) is 0 Å². The Bertz CT molecular complexity index is 851. The summed E-state index contributed by atoms with van der Waals surface area (Å²) < 4.78 is 26.3. The molecule has 2 heterocycles. The van der Waals surface area contributed by atoms with Crippen LogP contribution < -0.4 is 5.32 Å². The van der Waals surface area contributed by atoms with Crippen molar-refractivity contribution in [3.63, 3.8) is 0 Å². The average molecular weight is 364 g/mol. The largest absolute Gasteiger partial charge is 0.352 e. The van der Waals surface area contributed by atoms with Gasteiger partial charge < -0.3 is 5.32 Å². The number of halogens is 2. The van der Waals surface area contributed by atoms with E-state index >= 15 is 0 Å². The molecular weight excluding hydrogens is 350 g/mol. The fourth-order valence-electron chi connectivity index (χ4n) is 2.37. The molecular formula is C17H14F2N2OS2. The zero-order chi connectivity index (χ0) is 16.9. The molecule has 0 aliphatic carbocycles. The number of carbonyl (C=O) groups excluding carboxylic acids is 1. The van der Waals surface area contributed by atoms with Crippen molar-refractivity contribution in [2.45, 2.75) is 17.2 Å². The van der Waals surface area contributed by atoms with E-state index in [0.717, 1.165) is 0 Å². The third-order valence-corrected chi connectivity index (χ3v) is 5.20. The topological polar surface area (TPSA) is 42.0 Å². The van der Waals surface area contributed by atoms with Gasteiger partial charge in [0.25, 0.3) is 11.7 Å². The van der Waals surface area contributed by atoms with Crippen molar-refractivity contribution < 1.29 is 13.6 Å². The van der Waals surface area contributed by atoms with Crippen LogP contribution in [0.3, 0.4) is 0 Å². The number of alkyl halides is 2. The monoisotopic (exact) mass is 364 g/mol. The number of nitrogens with one attached hydrogen (secondary N) is 1. The molecule has 0 bridgehead atoms. The van der Waals surface area contributed by atoms with Gasteiger partial charge in [0.2, 0.25) is 0 Å². The van der Waals surface area contributed by atoms with Crippen LogP contribution in [0, 0.1) is 0 Å². The van der Waals surface area contributed by atoms with E-state index in [1.807, 2.05) is 12.1 Å². The molecule has 3 rings (SSSR count). The van der Waals surface area contributed by atoms with Crippen LogP contribution in [0.5, 0.6) is 0 Å². The molecule has 3 nitrogen and oxygen atoms in total. The van der Waals surface area contributed by atoms with E-state index in [4.69, 9.17) is 0 Å². The van der Waals surface area contributed by atoms with Crippen LogP contribution >= 0.6 is 23.1 Å². The Hall–Kier alpha value is -1.99. The Morgan fingerprint density at radius 1 is 1.25 bits per heavy atom. The summed E-state index contributed by atoms with van der Waals surface area (Å²) in [5.41, 5.74) is 1.35. The molecule has 0 aliphatic rings. The highest BCUT2D eigenvalue weighted by Gasteiger charge is 2.16. The highest BCUT2D eigenvalue weighted by atomic mass is 32.2. The first-order valence-corrected chi connectivity index (χ1v) is 9.04. The summed E-state index contributed by atoms with van der Waals surface area (Å²) >= 11 is 1.95. The summed E-state index contributed by atoms with van der Waals surface area (Å²) in [7, 11) is 0. The lowest BCUT2D eigenvalue weighted by Gasteiger charge is -2.08. The van der Waals surface area contributed by atoms with Crippen molar-refractivity contribution >= 4 is 39.1 Å². The van der Waals surface area contributed by atoms with Crippen LogP contribution in [0.25, 0.3) is 10.1 Å². The number of thioether (sulfide) groups is 1. The number of carbonyl (C=O) groups is 1. The van der Waals surface area contributed by atoms with Crippen molar-refractivity contribution in [1.29, 1.82) is 0 Å². The van der Waals surface area contributed by atoms with E-state index in [-0.39, 0.29) is 28.3 Å². The maximum absolute atomic E-state index is 12.5. The van der Waals surface area contributed by atoms with Gasteiger partial charge in [-0.1, -0.05) is 18.2 Å². The SMILES string of the molecule is O=C(NCCc1csc2ccccc12)c1cccnc1SC(F)F. The fourth-order valence-corrected chi connectivity index (χ4v) is 3.95. The van der Waals surface area contributed by atoms with Crippen molar-refractivity contribution in [2.24, 2.45) is 0 Å². The van der Waals surface area contributed by atoms with Crippen molar-refractivity contribution in [3.05, 3.63) is 59.1 Å². The quantitative estimate of drug-likeness (QED) is 0.651. The van der Waals surface area contributed by atoms with Crippen LogP contribution in [-0.2, 0) is 6.42 Å². The van der Waals surface area contributed by atoms with Gasteiger partial charge in [-0.05, 0) is 52.7 Å². The molecule has 0 saturated heterocycles. The van der Waals surface area contributed by atoms with E-state index in [1.54, 1.807) is 17.4 Å². The molecule has 0 fully saturated rings. The molecule has 2 aromatic heterocycles. The lowest BCUT2D eigenvalue weighted by molar-refractivity contribution is 0.0950. The van der Waals surface area contributed by atoms with Gasteiger partial charge in [0.15, 0.2) is 0 Å². The normalized spacial score (nSPS) is 11.1. The second-order valence-electron chi connectivity index (χ2n) is 5.00. The number of hydrogen-bond donors (Lipinski definition) is 1. The number of hydrogen-bond acceptors (Lipinski definition) is 4. The second kappa shape index (κ2) is 7.72. The van der Waals surface area contributed by atoms with E-state index < -0.39 is 5.76 Å². The van der Waals surface area contributed by atoms with Gasteiger partial charge >= 0.3 is 0 Å². The Kier molecular flexibility index (Phi) is 5.42. The second-order valence-corrected chi connectivity index (χ2v) is 6.89. The third kappa shape index (κ3) is 3.91.